The van der Waals surface area contributed by atoms with Gasteiger partial charge in [-0.2, -0.15) is 0 Å². The summed E-state index contributed by atoms with van der Waals surface area (Å²) in [5.74, 6) is -1.28. The Morgan fingerprint density at radius 1 is 1.15 bits per heavy atom. The average Bonchev–Trinajstić information content (AvgIpc) is 3.20. The molecule has 1 aliphatic rings. The van der Waals surface area contributed by atoms with E-state index in [9.17, 15) is 13.9 Å². The van der Waals surface area contributed by atoms with Gasteiger partial charge in [-0.3, -0.25) is 0 Å². The maximum Gasteiger partial charge on any atom is 0.206 e. The molecule has 0 amide bonds. The third kappa shape index (κ3) is 6.35. The standard InChI is InChI=1S/C24H27BrF2N4OS/c1-2-14-6-7-16-4-3-5-20(19(16)10-14)28-13-22(32)21(29-24-31-30-23(25)33-24)11-15-8-17(26)12-18(27)9-15/h6-10,12,20-22,28,32H,2-5,11,13H2,1H3,(H,29,31). The molecule has 0 saturated carbocycles. The summed E-state index contributed by atoms with van der Waals surface area (Å²) in [5, 5.41) is 26.3. The fourth-order valence-corrected chi connectivity index (χ4v) is 5.45. The minimum Gasteiger partial charge on any atom is -0.390 e. The molecular formula is C24H27BrF2N4OS. The molecule has 0 aliphatic heterocycles. The number of aromatic nitrogens is 2. The van der Waals surface area contributed by atoms with Gasteiger partial charge in [0.05, 0.1) is 12.1 Å². The second-order valence-corrected chi connectivity index (χ2v) is 10.7. The van der Waals surface area contributed by atoms with Gasteiger partial charge in [-0.05, 0) is 82.4 Å². The van der Waals surface area contributed by atoms with Crippen molar-refractivity contribution in [3.63, 3.8) is 0 Å². The van der Waals surface area contributed by atoms with Crippen LogP contribution in [-0.2, 0) is 19.3 Å². The van der Waals surface area contributed by atoms with Gasteiger partial charge in [0.15, 0.2) is 3.92 Å². The SMILES string of the molecule is CCc1ccc2c(c1)C(NCC(O)C(Cc1cc(F)cc(F)c1)Nc1nnc(Br)s1)CCC2. The largest absolute Gasteiger partial charge is 0.390 e. The summed E-state index contributed by atoms with van der Waals surface area (Å²) in [6, 6.07) is 9.75. The molecule has 1 heterocycles. The number of hydrogen-bond acceptors (Lipinski definition) is 6. The van der Waals surface area contributed by atoms with Crippen LogP contribution in [0.3, 0.4) is 0 Å². The lowest BCUT2D eigenvalue weighted by Crippen LogP contribution is -2.43. The summed E-state index contributed by atoms with van der Waals surface area (Å²) in [6.07, 6.45) is 3.56. The molecule has 0 bridgehead atoms. The third-order valence-electron chi connectivity index (χ3n) is 6.06. The Bertz CT molecular complexity index is 1080. The van der Waals surface area contributed by atoms with Crippen LogP contribution in [0.1, 0.15) is 48.1 Å². The zero-order valence-corrected chi connectivity index (χ0v) is 20.7. The number of aliphatic hydroxyl groups is 1. The number of nitrogens with zero attached hydrogens (tertiary/aromatic N) is 2. The van der Waals surface area contributed by atoms with Gasteiger partial charge in [-0.1, -0.05) is 36.5 Å². The maximum absolute atomic E-state index is 13.7. The monoisotopic (exact) mass is 536 g/mol. The van der Waals surface area contributed by atoms with Crippen LogP contribution in [0, 0.1) is 11.6 Å². The normalized spacial score (nSPS) is 17.4. The van der Waals surface area contributed by atoms with E-state index in [4.69, 9.17) is 0 Å². The molecule has 3 aromatic rings. The summed E-state index contributed by atoms with van der Waals surface area (Å²) in [5.41, 5.74) is 4.42. The minimum absolute atomic E-state index is 0.165. The van der Waals surface area contributed by atoms with Gasteiger partial charge >= 0.3 is 0 Å². The van der Waals surface area contributed by atoms with Crippen molar-refractivity contribution in [1.29, 1.82) is 0 Å². The van der Waals surface area contributed by atoms with E-state index < -0.39 is 23.8 Å². The second-order valence-electron chi connectivity index (χ2n) is 8.40. The molecule has 4 rings (SSSR count). The first-order valence-corrected chi connectivity index (χ1v) is 12.8. The fourth-order valence-electron chi connectivity index (χ4n) is 4.37. The first-order chi connectivity index (χ1) is 15.9. The van der Waals surface area contributed by atoms with Crippen LogP contribution in [0.4, 0.5) is 13.9 Å². The predicted octanol–water partition coefficient (Wildman–Crippen LogP) is 5.19. The fraction of sp³-hybridized carbons (Fsp3) is 0.417. The van der Waals surface area contributed by atoms with Crippen molar-refractivity contribution >= 4 is 32.4 Å². The number of fused-ring (bicyclic) bond motifs is 1. The smallest absolute Gasteiger partial charge is 0.206 e. The Morgan fingerprint density at radius 2 is 1.94 bits per heavy atom. The van der Waals surface area contributed by atoms with E-state index in [2.05, 4.69) is 61.9 Å². The van der Waals surface area contributed by atoms with Gasteiger partial charge in [0.1, 0.15) is 11.6 Å². The first kappa shape index (κ1) is 24.2. The molecule has 176 valence electrons. The van der Waals surface area contributed by atoms with Crippen LogP contribution in [-0.4, -0.2) is 34.0 Å². The topological polar surface area (TPSA) is 70.1 Å². The lowest BCUT2D eigenvalue weighted by Gasteiger charge is -2.30. The Balaban J connectivity index is 1.49. The zero-order chi connectivity index (χ0) is 23.4. The molecule has 0 saturated heterocycles. The van der Waals surface area contributed by atoms with E-state index >= 15 is 0 Å². The molecular weight excluding hydrogens is 510 g/mol. The van der Waals surface area contributed by atoms with Crippen LogP contribution in [0.5, 0.6) is 0 Å². The zero-order valence-electron chi connectivity index (χ0n) is 18.3. The molecule has 2 aromatic carbocycles. The van der Waals surface area contributed by atoms with Crippen LogP contribution in [0.2, 0.25) is 0 Å². The summed E-state index contributed by atoms with van der Waals surface area (Å²) < 4.78 is 28.1. The van der Waals surface area contributed by atoms with Crippen molar-refractivity contribution in [1.82, 2.24) is 15.5 Å². The van der Waals surface area contributed by atoms with Gasteiger partial charge in [0.2, 0.25) is 5.13 Å². The highest BCUT2D eigenvalue weighted by molar-refractivity contribution is 9.11. The van der Waals surface area contributed by atoms with E-state index in [1.807, 2.05) is 0 Å². The van der Waals surface area contributed by atoms with E-state index in [0.717, 1.165) is 31.7 Å². The number of hydrogen-bond donors (Lipinski definition) is 3. The Hall–Kier alpha value is -1.94. The first-order valence-electron chi connectivity index (χ1n) is 11.1. The Kier molecular flexibility index (Phi) is 8.06. The van der Waals surface area contributed by atoms with E-state index in [1.165, 1.54) is 40.2 Å². The molecule has 0 radical (unpaired) electrons. The summed E-state index contributed by atoms with van der Waals surface area (Å²) >= 11 is 4.58. The third-order valence-corrected chi connectivity index (χ3v) is 7.35. The highest BCUT2D eigenvalue weighted by atomic mass is 79.9. The van der Waals surface area contributed by atoms with E-state index in [-0.39, 0.29) is 12.5 Å². The summed E-state index contributed by atoms with van der Waals surface area (Å²) in [6.45, 7) is 2.48. The Labute approximate surface area is 204 Å². The quantitative estimate of drug-likeness (QED) is 0.351. The van der Waals surface area contributed by atoms with E-state index in [1.54, 1.807) is 0 Å². The minimum atomic E-state index is -0.821. The van der Waals surface area contributed by atoms with Gasteiger partial charge in [-0.25, -0.2) is 8.78 Å². The average molecular weight is 537 g/mol. The molecule has 33 heavy (non-hydrogen) atoms. The number of aryl methyl sites for hydroxylation is 2. The van der Waals surface area contributed by atoms with Crippen molar-refractivity contribution in [2.24, 2.45) is 0 Å². The van der Waals surface area contributed by atoms with Gasteiger partial charge < -0.3 is 15.7 Å². The molecule has 3 N–H and O–H groups in total. The van der Waals surface area contributed by atoms with Crippen molar-refractivity contribution in [3.05, 3.63) is 74.2 Å². The van der Waals surface area contributed by atoms with Gasteiger partial charge in [0.25, 0.3) is 0 Å². The van der Waals surface area contributed by atoms with Crippen molar-refractivity contribution in [3.8, 4) is 0 Å². The molecule has 3 atom stereocenters. The highest BCUT2D eigenvalue weighted by Gasteiger charge is 2.25. The lowest BCUT2D eigenvalue weighted by molar-refractivity contribution is 0.143. The number of benzene rings is 2. The van der Waals surface area contributed by atoms with Crippen LogP contribution < -0.4 is 10.6 Å². The van der Waals surface area contributed by atoms with Crippen molar-refractivity contribution in [2.75, 3.05) is 11.9 Å². The van der Waals surface area contributed by atoms with E-state index in [0.29, 0.717) is 21.2 Å². The van der Waals surface area contributed by atoms with Crippen molar-refractivity contribution < 1.29 is 13.9 Å². The summed E-state index contributed by atoms with van der Waals surface area (Å²) in [4.78, 5) is 0. The predicted molar refractivity (Wildman–Crippen MR) is 131 cm³/mol. The number of aliphatic hydroxyl groups excluding tert-OH is 1. The highest BCUT2D eigenvalue weighted by Crippen LogP contribution is 2.31. The Morgan fingerprint density at radius 3 is 2.64 bits per heavy atom. The van der Waals surface area contributed by atoms with Crippen molar-refractivity contribution in [2.45, 2.75) is 57.2 Å². The molecule has 0 fully saturated rings. The van der Waals surface area contributed by atoms with Crippen LogP contribution in [0.15, 0.2) is 40.3 Å². The molecule has 1 aromatic heterocycles. The maximum atomic E-state index is 13.7. The molecule has 1 aliphatic carbocycles. The van der Waals surface area contributed by atoms with Crippen LogP contribution >= 0.6 is 27.3 Å². The molecule has 3 unspecified atom stereocenters. The van der Waals surface area contributed by atoms with Gasteiger partial charge in [-0.15, -0.1) is 10.2 Å². The number of rotatable bonds is 9. The second kappa shape index (κ2) is 11.0. The lowest BCUT2D eigenvalue weighted by atomic mass is 9.86. The number of nitrogens with one attached hydrogen (secondary N) is 2. The van der Waals surface area contributed by atoms with Crippen LogP contribution in [0.25, 0.3) is 0 Å². The van der Waals surface area contributed by atoms with Gasteiger partial charge in [0, 0.05) is 18.7 Å². The summed E-state index contributed by atoms with van der Waals surface area (Å²) in [7, 11) is 0. The molecule has 0 spiro atoms. The molecule has 9 heteroatoms. The molecule has 5 nitrogen and oxygen atoms in total. The number of anilines is 1. The number of halogens is 3.